The molecule has 1 aliphatic carbocycles. The molecule has 0 radical (unpaired) electrons. The summed E-state index contributed by atoms with van der Waals surface area (Å²) in [5.41, 5.74) is 3.75. The third-order valence-corrected chi connectivity index (χ3v) is 4.25. The van der Waals surface area contributed by atoms with Crippen molar-refractivity contribution in [2.45, 2.75) is 44.8 Å². The van der Waals surface area contributed by atoms with Crippen LogP contribution in [-0.4, -0.2) is 11.2 Å². The van der Waals surface area contributed by atoms with Crippen LogP contribution in [0, 0.1) is 0 Å². The summed E-state index contributed by atoms with van der Waals surface area (Å²) in [6.07, 6.45) is 3.52. The molecule has 0 fully saturated rings. The van der Waals surface area contributed by atoms with Crippen molar-refractivity contribution in [1.29, 1.82) is 0 Å². The fraction of sp³-hybridized carbons (Fsp3) is 0.368. The first-order valence-corrected chi connectivity index (χ1v) is 7.79. The smallest absolute Gasteiger partial charge is 0.128 e. The molecule has 110 valence electrons. The molecular weight excluding hydrogens is 260 g/mol. The largest absolute Gasteiger partial charge is 0.487 e. The molecule has 0 aromatic heterocycles. The summed E-state index contributed by atoms with van der Waals surface area (Å²) in [4.78, 5) is 0. The Labute approximate surface area is 126 Å². The molecule has 2 atom stereocenters. The lowest BCUT2D eigenvalue weighted by Gasteiger charge is -2.23. The molecule has 0 heterocycles. The number of ether oxygens (including phenoxy) is 1. The van der Waals surface area contributed by atoms with Gasteiger partial charge in [-0.2, -0.15) is 0 Å². The average Bonchev–Trinajstić information content (AvgIpc) is 3.00. The van der Waals surface area contributed by atoms with Crippen molar-refractivity contribution < 1.29 is 9.84 Å². The van der Waals surface area contributed by atoms with Gasteiger partial charge in [0.25, 0.3) is 0 Å². The van der Waals surface area contributed by atoms with E-state index < -0.39 is 6.10 Å². The maximum atomic E-state index is 10.5. The number of hydrogen-bond donors (Lipinski definition) is 1. The molecule has 0 saturated heterocycles. The Kier molecular flexibility index (Phi) is 4.26. The SMILES string of the molecule is CCC(Oc1ccc2c(c1)CCC2)C(O)c1ccccc1. The van der Waals surface area contributed by atoms with E-state index >= 15 is 0 Å². The van der Waals surface area contributed by atoms with Gasteiger partial charge in [0, 0.05) is 0 Å². The predicted octanol–water partition coefficient (Wildman–Crippen LogP) is 4.07. The minimum Gasteiger partial charge on any atom is -0.487 e. The Morgan fingerprint density at radius 2 is 1.81 bits per heavy atom. The van der Waals surface area contributed by atoms with E-state index in [1.54, 1.807) is 0 Å². The van der Waals surface area contributed by atoms with Crippen LogP contribution in [0.5, 0.6) is 5.75 Å². The lowest BCUT2D eigenvalue weighted by Crippen LogP contribution is -2.24. The molecule has 0 spiro atoms. The quantitative estimate of drug-likeness (QED) is 0.896. The van der Waals surface area contributed by atoms with Gasteiger partial charge in [0.05, 0.1) is 0 Å². The van der Waals surface area contributed by atoms with Gasteiger partial charge in [-0.3, -0.25) is 0 Å². The Bertz CT molecular complexity index is 592. The molecule has 0 aliphatic heterocycles. The van der Waals surface area contributed by atoms with Gasteiger partial charge in [-0.1, -0.05) is 43.3 Å². The van der Waals surface area contributed by atoms with E-state index in [9.17, 15) is 5.11 Å². The number of benzene rings is 2. The van der Waals surface area contributed by atoms with Crippen LogP contribution in [-0.2, 0) is 12.8 Å². The fourth-order valence-corrected chi connectivity index (χ4v) is 3.03. The van der Waals surface area contributed by atoms with Gasteiger partial charge in [-0.05, 0) is 54.5 Å². The second kappa shape index (κ2) is 6.31. The van der Waals surface area contributed by atoms with E-state index in [0.29, 0.717) is 0 Å². The van der Waals surface area contributed by atoms with Gasteiger partial charge in [0.15, 0.2) is 0 Å². The van der Waals surface area contributed by atoms with E-state index in [-0.39, 0.29) is 6.10 Å². The number of fused-ring (bicyclic) bond motifs is 1. The highest BCUT2D eigenvalue weighted by atomic mass is 16.5. The molecule has 2 aromatic carbocycles. The number of aliphatic hydroxyl groups excluding tert-OH is 1. The molecule has 1 N–H and O–H groups in total. The molecule has 3 rings (SSSR count). The lowest BCUT2D eigenvalue weighted by molar-refractivity contribution is 0.0331. The number of aliphatic hydroxyl groups is 1. The lowest BCUT2D eigenvalue weighted by atomic mass is 10.0. The molecule has 0 amide bonds. The second-order valence-corrected chi connectivity index (χ2v) is 5.70. The summed E-state index contributed by atoms with van der Waals surface area (Å²) >= 11 is 0. The predicted molar refractivity (Wildman–Crippen MR) is 84.6 cm³/mol. The summed E-state index contributed by atoms with van der Waals surface area (Å²) in [5.74, 6) is 0.873. The van der Waals surface area contributed by atoms with E-state index in [0.717, 1.165) is 24.2 Å². The summed E-state index contributed by atoms with van der Waals surface area (Å²) < 4.78 is 6.06. The fourth-order valence-electron chi connectivity index (χ4n) is 3.03. The van der Waals surface area contributed by atoms with Crippen LogP contribution in [0.4, 0.5) is 0 Å². The van der Waals surface area contributed by atoms with Crippen molar-refractivity contribution in [3.63, 3.8) is 0 Å². The van der Waals surface area contributed by atoms with Gasteiger partial charge in [-0.25, -0.2) is 0 Å². The Hall–Kier alpha value is -1.80. The van der Waals surface area contributed by atoms with Crippen LogP contribution in [0.3, 0.4) is 0 Å². The van der Waals surface area contributed by atoms with Crippen molar-refractivity contribution in [3.8, 4) is 5.75 Å². The first kappa shape index (κ1) is 14.2. The van der Waals surface area contributed by atoms with Crippen LogP contribution in [0.15, 0.2) is 48.5 Å². The molecule has 0 bridgehead atoms. The number of aryl methyl sites for hydroxylation is 2. The third-order valence-electron chi connectivity index (χ3n) is 4.25. The summed E-state index contributed by atoms with van der Waals surface area (Å²) in [6.45, 7) is 2.05. The van der Waals surface area contributed by atoms with Crippen molar-refractivity contribution >= 4 is 0 Å². The standard InChI is InChI=1S/C19H22O2/c1-2-18(19(20)15-7-4-3-5-8-15)21-17-12-11-14-9-6-10-16(14)13-17/h3-5,7-8,11-13,18-20H,2,6,9-10H2,1H3. The van der Waals surface area contributed by atoms with Crippen molar-refractivity contribution in [2.24, 2.45) is 0 Å². The van der Waals surface area contributed by atoms with E-state index in [4.69, 9.17) is 4.74 Å². The molecule has 2 nitrogen and oxygen atoms in total. The summed E-state index contributed by atoms with van der Waals surface area (Å²) in [5, 5.41) is 10.5. The van der Waals surface area contributed by atoms with E-state index in [2.05, 4.69) is 12.1 Å². The maximum Gasteiger partial charge on any atom is 0.128 e. The highest BCUT2D eigenvalue weighted by Gasteiger charge is 2.21. The average molecular weight is 282 g/mol. The molecule has 21 heavy (non-hydrogen) atoms. The number of rotatable bonds is 5. The molecule has 0 saturated carbocycles. The van der Waals surface area contributed by atoms with E-state index in [1.807, 2.05) is 43.3 Å². The zero-order valence-electron chi connectivity index (χ0n) is 12.5. The van der Waals surface area contributed by atoms with Crippen LogP contribution >= 0.6 is 0 Å². The zero-order valence-corrected chi connectivity index (χ0v) is 12.5. The monoisotopic (exact) mass is 282 g/mol. The minimum atomic E-state index is -0.593. The molecule has 2 heteroatoms. The molecule has 2 aromatic rings. The first-order chi connectivity index (χ1) is 10.3. The van der Waals surface area contributed by atoms with Crippen molar-refractivity contribution in [3.05, 3.63) is 65.2 Å². The third kappa shape index (κ3) is 3.11. The molecular formula is C19H22O2. The normalized spacial score (nSPS) is 16.3. The van der Waals surface area contributed by atoms with Crippen LogP contribution in [0.25, 0.3) is 0 Å². The number of hydrogen-bond acceptors (Lipinski definition) is 2. The van der Waals surface area contributed by atoms with Gasteiger partial charge in [-0.15, -0.1) is 0 Å². The summed E-state index contributed by atoms with van der Waals surface area (Å²) in [7, 11) is 0. The van der Waals surface area contributed by atoms with Gasteiger partial charge in [0.1, 0.15) is 18.0 Å². The first-order valence-electron chi connectivity index (χ1n) is 7.79. The Morgan fingerprint density at radius 1 is 1.05 bits per heavy atom. The van der Waals surface area contributed by atoms with Crippen LogP contribution in [0.2, 0.25) is 0 Å². The van der Waals surface area contributed by atoms with Gasteiger partial charge < -0.3 is 9.84 Å². The van der Waals surface area contributed by atoms with Crippen LogP contribution in [0.1, 0.15) is 42.6 Å². The van der Waals surface area contributed by atoms with E-state index in [1.165, 1.54) is 24.0 Å². The Morgan fingerprint density at radius 3 is 2.57 bits per heavy atom. The summed E-state index contributed by atoms with van der Waals surface area (Å²) in [6, 6.07) is 16.1. The highest BCUT2D eigenvalue weighted by molar-refractivity contribution is 5.38. The highest BCUT2D eigenvalue weighted by Crippen LogP contribution is 2.29. The second-order valence-electron chi connectivity index (χ2n) is 5.70. The molecule has 2 unspecified atom stereocenters. The van der Waals surface area contributed by atoms with Crippen molar-refractivity contribution in [2.75, 3.05) is 0 Å². The van der Waals surface area contributed by atoms with Gasteiger partial charge in [0.2, 0.25) is 0 Å². The van der Waals surface area contributed by atoms with Crippen molar-refractivity contribution in [1.82, 2.24) is 0 Å². The molecule has 1 aliphatic rings. The van der Waals surface area contributed by atoms with Gasteiger partial charge >= 0.3 is 0 Å². The topological polar surface area (TPSA) is 29.5 Å². The Balaban J connectivity index is 1.75. The zero-order chi connectivity index (χ0) is 14.7. The maximum absolute atomic E-state index is 10.5. The van der Waals surface area contributed by atoms with Crippen LogP contribution < -0.4 is 4.74 Å². The minimum absolute atomic E-state index is 0.216.